The Hall–Kier alpha value is -5.82. The van der Waals surface area contributed by atoms with Crippen LogP contribution >= 0.6 is 0 Å². The number of hydrogen-bond donors (Lipinski definition) is 0. The van der Waals surface area contributed by atoms with Crippen LogP contribution in [0, 0.1) is 0 Å². The van der Waals surface area contributed by atoms with Crippen LogP contribution in [0.1, 0.15) is 52.7 Å². The van der Waals surface area contributed by atoms with E-state index >= 15 is 0 Å². The standard InChI is InChI=1S/C49H44BNO4/c1-47(2)40-30-28-36(53-44-27-17-26-43(52-35-22-14-9-15-23-35)46(44)50-54-48(3,4)49(5,6)55-50)32-39(40)37-29-31-42(38-24-16-25-41(47)45(37)38)51(33-18-10-7-11-19-33)34-20-12-8-13-21-34/h7-32H,1-6H3. The third-order valence-electron chi connectivity index (χ3n) is 11.6. The Bertz CT molecular complexity index is 2480. The van der Waals surface area contributed by atoms with E-state index in [1.807, 2.05) is 48.5 Å². The molecule has 1 saturated heterocycles. The Morgan fingerprint density at radius 2 is 1.05 bits per heavy atom. The molecule has 0 radical (unpaired) electrons. The lowest BCUT2D eigenvalue weighted by molar-refractivity contribution is 0.00578. The molecule has 7 aromatic rings. The number of anilines is 3. The van der Waals surface area contributed by atoms with Crippen molar-refractivity contribution in [2.75, 3.05) is 4.90 Å². The molecule has 0 aromatic heterocycles. The normalized spacial score (nSPS) is 16.1. The first-order valence-electron chi connectivity index (χ1n) is 19.0. The first-order chi connectivity index (χ1) is 26.5. The summed E-state index contributed by atoms with van der Waals surface area (Å²) < 4.78 is 26.6. The number of benzene rings is 7. The molecule has 0 spiro atoms. The first-order valence-corrected chi connectivity index (χ1v) is 19.0. The molecule has 2 aliphatic rings. The van der Waals surface area contributed by atoms with Gasteiger partial charge < -0.3 is 23.7 Å². The number of fused-ring (bicyclic) bond motifs is 2. The largest absolute Gasteiger partial charge is 0.502 e. The van der Waals surface area contributed by atoms with Gasteiger partial charge in [-0.2, -0.15) is 0 Å². The Morgan fingerprint density at radius 3 is 1.67 bits per heavy atom. The summed E-state index contributed by atoms with van der Waals surface area (Å²) in [5.74, 6) is 2.67. The van der Waals surface area contributed by atoms with E-state index in [1.165, 1.54) is 27.5 Å². The quantitative estimate of drug-likeness (QED) is 0.146. The van der Waals surface area contributed by atoms with E-state index in [0.29, 0.717) is 17.0 Å². The van der Waals surface area contributed by atoms with Crippen molar-refractivity contribution in [2.24, 2.45) is 0 Å². The fourth-order valence-electron chi connectivity index (χ4n) is 8.05. The molecule has 1 aliphatic carbocycles. The van der Waals surface area contributed by atoms with Gasteiger partial charge in [0.2, 0.25) is 0 Å². The molecule has 0 unspecified atom stereocenters. The highest BCUT2D eigenvalue weighted by atomic mass is 16.7. The molecule has 5 nitrogen and oxygen atoms in total. The lowest BCUT2D eigenvalue weighted by Crippen LogP contribution is -2.41. The SMILES string of the molecule is CC1(C)c2ccc(Oc3cccc(Oc4ccccc4)c3B3OC(C)(C)C(C)(C)O3)cc2-c2ccc(N(c3ccccc3)c3ccccc3)c3cccc1c23. The molecule has 1 fully saturated rings. The Morgan fingerprint density at radius 1 is 0.491 bits per heavy atom. The van der Waals surface area contributed by atoms with Crippen LogP contribution in [0.25, 0.3) is 21.9 Å². The second-order valence-corrected chi connectivity index (χ2v) is 16.0. The van der Waals surface area contributed by atoms with Crippen LogP contribution in [-0.2, 0) is 14.7 Å². The molecule has 0 bridgehead atoms. The van der Waals surface area contributed by atoms with Crippen LogP contribution in [0.2, 0.25) is 0 Å². The second kappa shape index (κ2) is 13.2. The molecule has 1 heterocycles. The van der Waals surface area contributed by atoms with E-state index in [1.54, 1.807) is 0 Å². The number of para-hydroxylation sites is 3. The first kappa shape index (κ1) is 34.9. The summed E-state index contributed by atoms with van der Waals surface area (Å²) in [6.07, 6.45) is 0. The number of rotatable bonds is 8. The molecular weight excluding hydrogens is 677 g/mol. The van der Waals surface area contributed by atoms with Crippen molar-refractivity contribution in [1.29, 1.82) is 0 Å². The van der Waals surface area contributed by atoms with Gasteiger partial charge in [-0.25, -0.2) is 0 Å². The zero-order valence-electron chi connectivity index (χ0n) is 32.2. The Kier molecular flexibility index (Phi) is 8.37. The number of hydrogen-bond acceptors (Lipinski definition) is 5. The van der Waals surface area contributed by atoms with Crippen molar-refractivity contribution in [3.05, 3.63) is 169 Å². The van der Waals surface area contributed by atoms with Crippen LogP contribution in [0.4, 0.5) is 17.1 Å². The highest BCUT2D eigenvalue weighted by Gasteiger charge is 2.53. The molecule has 9 rings (SSSR count). The smallest absolute Gasteiger partial charge is 0.458 e. The summed E-state index contributed by atoms with van der Waals surface area (Å²) in [5.41, 5.74) is 7.59. The van der Waals surface area contributed by atoms with Crippen molar-refractivity contribution in [3.63, 3.8) is 0 Å². The molecule has 7 aromatic carbocycles. The van der Waals surface area contributed by atoms with E-state index in [0.717, 1.165) is 34.1 Å². The minimum atomic E-state index is -0.701. The van der Waals surface area contributed by atoms with Gasteiger partial charge in [0.25, 0.3) is 0 Å². The zero-order valence-corrected chi connectivity index (χ0v) is 32.2. The average Bonchev–Trinajstić information content (AvgIpc) is 3.40. The summed E-state index contributed by atoms with van der Waals surface area (Å²) in [5, 5.41) is 2.45. The predicted molar refractivity (Wildman–Crippen MR) is 225 cm³/mol. The molecule has 0 atom stereocenters. The van der Waals surface area contributed by atoms with Gasteiger partial charge >= 0.3 is 7.12 Å². The van der Waals surface area contributed by atoms with E-state index in [4.69, 9.17) is 18.8 Å². The van der Waals surface area contributed by atoms with Crippen LogP contribution in [-0.4, -0.2) is 18.3 Å². The van der Waals surface area contributed by atoms with Gasteiger partial charge in [0.15, 0.2) is 0 Å². The Balaban J connectivity index is 1.17. The highest BCUT2D eigenvalue weighted by molar-refractivity contribution is 6.64. The third kappa shape index (κ3) is 5.97. The summed E-state index contributed by atoms with van der Waals surface area (Å²) in [6.45, 7) is 12.9. The molecule has 1 aliphatic heterocycles. The summed E-state index contributed by atoms with van der Waals surface area (Å²) in [6, 6.07) is 54.6. The summed E-state index contributed by atoms with van der Waals surface area (Å²) >= 11 is 0. The molecule has 6 heteroatoms. The van der Waals surface area contributed by atoms with Gasteiger partial charge in [0, 0.05) is 22.2 Å². The third-order valence-corrected chi connectivity index (χ3v) is 11.6. The maximum Gasteiger partial charge on any atom is 0.502 e. The molecule has 55 heavy (non-hydrogen) atoms. The van der Waals surface area contributed by atoms with Crippen LogP contribution in [0.15, 0.2) is 158 Å². The van der Waals surface area contributed by atoms with E-state index in [2.05, 4.69) is 156 Å². The fraction of sp³-hybridized carbons (Fsp3) is 0.184. The molecule has 0 N–H and O–H groups in total. The van der Waals surface area contributed by atoms with Crippen molar-refractivity contribution in [2.45, 2.75) is 58.2 Å². The second-order valence-electron chi connectivity index (χ2n) is 16.0. The topological polar surface area (TPSA) is 40.2 Å². The van der Waals surface area contributed by atoms with Gasteiger partial charge in [-0.1, -0.05) is 105 Å². The summed E-state index contributed by atoms with van der Waals surface area (Å²) in [4.78, 5) is 2.35. The Labute approximate surface area is 324 Å². The van der Waals surface area contributed by atoms with Crippen molar-refractivity contribution in [1.82, 2.24) is 0 Å². The highest BCUT2D eigenvalue weighted by Crippen LogP contribution is 2.52. The van der Waals surface area contributed by atoms with Gasteiger partial charge in [0.1, 0.15) is 23.0 Å². The van der Waals surface area contributed by atoms with Gasteiger partial charge in [-0.05, 0) is 122 Å². The number of ether oxygens (including phenoxy) is 2. The van der Waals surface area contributed by atoms with Crippen LogP contribution < -0.4 is 19.8 Å². The summed E-state index contributed by atoms with van der Waals surface area (Å²) in [7, 11) is -0.701. The zero-order chi connectivity index (χ0) is 38.0. The maximum absolute atomic E-state index is 6.88. The van der Waals surface area contributed by atoms with Gasteiger partial charge in [-0.3, -0.25) is 0 Å². The van der Waals surface area contributed by atoms with Crippen molar-refractivity contribution >= 4 is 40.4 Å². The average molecular weight is 722 g/mol. The minimum Gasteiger partial charge on any atom is -0.458 e. The van der Waals surface area contributed by atoms with Crippen LogP contribution in [0.5, 0.6) is 23.0 Å². The van der Waals surface area contributed by atoms with Gasteiger partial charge in [0.05, 0.1) is 22.4 Å². The van der Waals surface area contributed by atoms with Gasteiger partial charge in [-0.15, -0.1) is 0 Å². The molecule has 272 valence electrons. The van der Waals surface area contributed by atoms with Crippen LogP contribution in [0.3, 0.4) is 0 Å². The lowest BCUT2D eigenvalue weighted by atomic mass is 9.68. The number of nitrogens with zero attached hydrogens (tertiary/aromatic N) is 1. The lowest BCUT2D eigenvalue weighted by Gasteiger charge is -2.36. The molecule has 0 amide bonds. The fourth-order valence-corrected chi connectivity index (χ4v) is 8.05. The predicted octanol–water partition coefficient (Wildman–Crippen LogP) is 12.5. The maximum atomic E-state index is 6.88. The minimum absolute atomic E-state index is 0.263. The van der Waals surface area contributed by atoms with E-state index in [-0.39, 0.29) is 5.41 Å². The van der Waals surface area contributed by atoms with E-state index in [9.17, 15) is 0 Å². The molecular formula is C49H44BNO4. The van der Waals surface area contributed by atoms with Crippen molar-refractivity contribution < 1.29 is 18.8 Å². The molecule has 0 saturated carbocycles. The van der Waals surface area contributed by atoms with E-state index < -0.39 is 18.3 Å². The van der Waals surface area contributed by atoms with Crippen molar-refractivity contribution in [3.8, 4) is 34.1 Å². The monoisotopic (exact) mass is 721 g/mol.